The number of rotatable bonds is 8. The van der Waals surface area contributed by atoms with Crippen molar-refractivity contribution >= 4 is 5.97 Å². The number of ether oxygens (including phenoxy) is 2. The predicted molar refractivity (Wildman–Crippen MR) is 69.0 cm³/mol. The van der Waals surface area contributed by atoms with E-state index in [1.807, 2.05) is 31.2 Å². The zero-order valence-electron chi connectivity index (χ0n) is 10.9. The minimum atomic E-state index is -0.933. The maximum atomic E-state index is 11.1. The first-order valence-corrected chi connectivity index (χ1v) is 6.15. The number of hydrogen-bond donors (Lipinski definition) is 1. The van der Waals surface area contributed by atoms with Crippen molar-refractivity contribution in [1.82, 2.24) is 0 Å². The molecule has 1 N–H and O–H groups in total. The minimum Gasteiger partial charge on any atom is -0.496 e. The van der Waals surface area contributed by atoms with Gasteiger partial charge in [-0.3, -0.25) is 0 Å². The molecule has 0 heterocycles. The zero-order valence-corrected chi connectivity index (χ0v) is 10.9. The van der Waals surface area contributed by atoms with Gasteiger partial charge in [0, 0.05) is 13.0 Å². The number of carboxylic acid groups (broad SMARTS) is 1. The van der Waals surface area contributed by atoms with Crippen molar-refractivity contribution in [3.63, 3.8) is 0 Å². The second-order valence-corrected chi connectivity index (χ2v) is 4.07. The number of benzene rings is 1. The van der Waals surface area contributed by atoms with Gasteiger partial charge in [0.1, 0.15) is 5.75 Å². The Bertz CT molecular complexity index is 376. The summed E-state index contributed by atoms with van der Waals surface area (Å²) in [6.45, 7) is 2.52. The summed E-state index contributed by atoms with van der Waals surface area (Å²) in [6.07, 6.45) is 1.37. The molecule has 0 saturated heterocycles. The van der Waals surface area contributed by atoms with Gasteiger partial charge in [-0.1, -0.05) is 31.5 Å². The SMILES string of the molecule is CCCCO[C@H](Cc1ccccc1OC)C(=O)O. The van der Waals surface area contributed by atoms with Crippen LogP contribution in [0.5, 0.6) is 5.75 Å². The molecular weight excluding hydrogens is 232 g/mol. The van der Waals surface area contributed by atoms with Gasteiger partial charge < -0.3 is 14.6 Å². The third-order valence-corrected chi connectivity index (χ3v) is 2.69. The van der Waals surface area contributed by atoms with Crippen molar-refractivity contribution in [2.75, 3.05) is 13.7 Å². The second-order valence-electron chi connectivity index (χ2n) is 4.07. The van der Waals surface area contributed by atoms with Gasteiger partial charge in [0.15, 0.2) is 6.10 Å². The summed E-state index contributed by atoms with van der Waals surface area (Å²) in [5.41, 5.74) is 0.851. The first-order valence-electron chi connectivity index (χ1n) is 6.15. The Morgan fingerprint density at radius 1 is 1.39 bits per heavy atom. The number of hydrogen-bond acceptors (Lipinski definition) is 3. The Balaban J connectivity index is 2.67. The number of carbonyl (C=O) groups is 1. The molecule has 1 aromatic rings. The summed E-state index contributed by atoms with van der Waals surface area (Å²) in [4.78, 5) is 11.1. The lowest BCUT2D eigenvalue weighted by Crippen LogP contribution is -2.27. The van der Waals surface area contributed by atoms with Crippen molar-refractivity contribution in [3.8, 4) is 5.75 Å². The fraction of sp³-hybridized carbons (Fsp3) is 0.500. The lowest BCUT2D eigenvalue weighted by atomic mass is 10.1. The molecule has 0 amide bonds. The minimum absolute atomic E-state index is 0.322. The van der Waals surface area contributed by atoms with Crippen LogP contribution in [0.3, 0.4) is 0 Å². The molecule has 0 aromatic heterocycles. The first kappa shape index (κ1) is 14.5. The van der Waals surface area contributed by atoms with Crippen LogP contribution in [0.1, 0.15) is 25.3 Å². The van der Waals surface area contributed by atoms with E-state index >= 15 is 0 Å². The Kier molecular flexibility index (Phi) is 6.22. The summed E-state index contributed by atoms with van der Waals surface area (Å²) in [6, 6.07) is 7.40. The van der Waals surface area contributed by atoms with E-state index in [1.54, 1.807) is 7.11 Å². The van der Waals surface area contributed by atoms with E-state index in [1.165, 1.54) is 0 Å². The van der Waals surface area contributed by atoms with Crippen LogP contribution in [0.15, 0.2) is 24.3 Å². The van der Waals surface area contributed by atoms with Crippen LogP contribution in [0.25, 0.3) is 0 Å². The van der Waals surface area contributed by atoms with Crippen molar-refractivity contribution < 1.29 is 19.4 Å². The van der Waals surface area contributed by atoms with E-state index in [0.717, 1.165) is 18.4 Å². The lowest BCUT2D eigenvalue weighted by molar-refractivity contribution is -0.150. The molecule has 1 rings (SSSR count). The maximum absolute atomic E-state index is 11.1. The number of para-hydroxylation sites is 1. The summed E-state index contributed by atoms with van der Waals surface area (Å²) in [5.74, 6) is -0.236. The van der Waals surface area contributed by atoms with E-state index in [2.05, 4.69) is 0 Å². The highest BCUT2D eigenvalue weighted by atomic mass is 16.5. The van der Waals surface area contributed by atoms with Crippen molar-refractivity contribution in [2.45, 2.75) is 32.3 Å². The van der Waals surface area contributed by atoms with Gasteiger partial charge in [0.2, 0.25) is 0 Å². The molecule has 0 aliphatic rings. The third-order valence-electron chi connectivity index (χ3n) is 2.69. The Morgan fingerprint density at radius 3 is 2.72 bits per heavy atom. The quantitative estimate of drug-likeness (QED) is 0.722. The van der Waals surface area contributed by atoms with Crippen LogP contribution < -0.4 is 4.74 Å². The molecular formula is C14H20O4. The normalized spacial score (nSPS) is 12.1. The molecule has 0 aliphatic heterocycles. The van der Waals surface area contributed by atoms with Gasteiger partial charge in [-0.15, -0.1) is 0 Å². The number of unbranched alkanes of at least 4 members (excludes halogenated alkanes) is 1. The molecule has 100 valence electrons. The average molecular weight is 252 g/mol. The van der Waals surface area contributed by atoms with Gasteiger partial charge in [-0.25, -0.2) is 4.79 Å². The van der Waals surface area contributed by atoms with Crippen LogP contribution in [0.2, 0.25) is 0 Å². The van der Waals surface area contributed by atoms with Crippen molar-refractivity contribution in [1.29, 1.82) is 0 Å². The molecule has 0 spiro atoms. The highest BCUT2D eigenvalue weighted by Crippen LogP contribution is 2.20. The van der Waals surface area contributed by atoms with Gasteiger partial charge in [-0.05, 0) is 18.1 Å². The molecule has 0 fully saturated rings. The summed E-state index contributed by atoms with van der Waals surface area (Å²) in [5, 5.41) is 9.13. The van der Waals surface area contributed by atoms with Crippen molar-refractivity contribution in [3.05, 3.63) is 29.8 Å². The van der Waals surface area contributed by atoms with Crippen LogP contribution in [0, 0.1) is 0 Å². The Hall–Kier alpha value is -1.55. The average Bonchev–Trinajstić information content (AvgIpc) is 2.38. The van der Waals surface area contributed by atoms with Gasteiger partial charge in [-0.2, -0.15) is 0 Å². The topological polar surface area (TPSA) is 55.8 Å². The maximum Gasteiger partial charge on any atom is 0.333 e. The Labute approximate surface area is 108 Å². The summed E-state index contributed by atoms with van der Waals surface area (Å²) < 4.78 is 10.6. The molecule has 18 heavy (non-hydrogen) atoms. The van der Waals surface area contributed by atoms with Crippen LogP contribution in [-0.4, -0.2) is 30.9 Å². The van der Waals surface area contributed by atoms with Crippen LogP contribution in [0.4, 0.5) is 0 Å². The number of carboxylic acids is 1. The fourth-order valence-electron chi connectivity index (χ4n) is 1.66. The summed E-state index contributed by atoms with van der Waals surface area (Å²) >= 11 is 0. The third kappa shape index (κ3) is 4.37. The van der Waals surface area contributed by atoms with Crippen LogP contribution >= 0.6 is 0 Å². The monoisotopic (exact) mass is 252 g/mol. The lowest BCUT2D eigenvalue weighted by Gasteiger charge is -2.15. The predicted octanol–water partition coefficient (Wildman–Crippen LogP) is 2.51. The smallest absolute Gasteiger partial charge is 0.333 e. The molecule has 0 unspecified atom stereocenters. The van der Waals surface area contributed by atoms with Gasteiger partial charge in [0.05, 0.1) is 7.11 Å². The fourth-order valence-corrected chi connectivity index (χ4v) is 1.66. The van der Waals surface area contributed by atoms with Crippen molar-refractivity contribution in [2.24, 2.45) is 0 Å². The molecule has 1 atom stereocenters. The summed E-state index contributed by atoms with van der Waals surface area (Å²) in [7, 11) is 1.58. The number of methoxy groups -OCH3 is 1. The molecule has 4 heteroatoms. The van der Waals surface area contributed by atoms with E-state index in [9.17, 15) is 4.79 Å². The molecule has 0 saturated carbocycles. The number of aliphatic carboxylic acids is 1. The Morgan fingerprint density at radius 2 is 2.11 bits per heavy atom. The van der Waals surface area contributed by atoms with E-state index < -0.39 is 12.1 Å². The van der Waals surface area contributed by atoms with E-state index in [4.69, 9.17) is 14.6 Å². The molecule has 4 nitrogen and oxygen atoms in total. The first-order chi connectivity index (χ1) is 8.69. The highest BCUT2D eigenvalue weighted by Gasteiger charge is 2.20. The molecule has 0 aliphatic carbocycles. The molecule has 0 bridgehead atoms. The molecule has 0 radical (unpaired) electrons. The zero-order chi connectivity index (χ0) is 13.4. The van der Waals surface area contributed by atoms with E-state index in [-0.39, 0.29) is 0 Å². The molecule has 1 aromatic carbocycles. The standard InChI is InChI=1S/C14H20O4/c1-3-4-9-18-13(14(15)16)10-11-7-5-6-8-12(11)17-2/h5-8,13H,3-4,9-10H2,1-2H3,(H,15,16)/t13-/m1/s1. The highest BCUT2D eigenvalue weighted by molar-refractivity contribution is 5.73. The van der Waals surface area contributed by atoms with Gasteiger partial charge >= 0.3 is 5.97 Å². The van der Waals surface area contributed by atoms with Crippen LogP contribution in [-0.2, 0) is 16.0 Å². The van der Waals surface area contributed by atoms with E-state index in [0.29, 0.717) is 18.8 Å². The largest absolute Gasteiger partial charge is 0.496 e. The van der Waals surface area contributed by atoms with Gasteiger partial charge in [0.25, 0.3) is 0 Å². The second kappa shape index (κ2) is 7.71.